The number of hydrogen-bond acceptors (Lipinski definition) is 5. The number of aromatic nitrogens is 2. The third kappa shape index (κ3) is 4.56. The Morgan fingerprint density at radius 1 is 1.15 bits per heavy atom. The maximum atomic E-state index is 13.1. The summed E-state index contributed by atoms with van der Waals surface area (Å²) in [6.45, 7) is 1.73. The fraction of sp³-hybridized carbons (Fsp3) is 0.118. The number of carbonyl (C=O) groups is 1. The molecule has 140 valence electrons. The average molecular weight is 397 g/mol. The molecule has 1 amide bonds. The van der Waals surface area contributed by atoms with Crippen LogP contribution in [0, 0.1) is 6.92 Å². The molecule has 2 heterocycles. The first-order chi connectivity index (χ1) is 12.7. The number of benzene rings is 1. The summed E-state index contributed by atoms with van der Waals surface area (Å²) < 4.78 is 44.2. The highest BCUT2D eigenvalue weighted by Gasteiger charge is 2.34. The van der Waals surface area contributed by atoms with Crippen LogP contribution >= 0.6 is 11.6 Å². The van der Waals surface area contributed by atoms with Gasteiger partial charge in [-0.2, -0.15) is 13.2 Å². The Morgan fingerprint density at radius 3 is 2.52 bits per heavy atom. The summed E-state index contributed by atoms with van der Waals surface area (Å²) in [5, 5.41) is 8.75. The van der Waals surface area contributed by atoms with E-state index in [0.717, 1.165) is 12.1 Å². The molecule has 1 aromatic carbocycles. The van der Waals surface area contributed by atoms with Gasteiger partial charge in [0.1, 0.15) is 11.6 Å². The molecule has 0 atom stereocenters. The number of anilines is 3. The minimum atomic E-state index is -4.66. The smallest absolute Gasteiger partial charge is 0.360 e. The second-order valence-corrected chi connectivity index (χ2v) is 5.96. The van der Waals surface area contributed by atoms with E-state index in [9.17, 15) is 18.0 Å². The highest BCUT2D eigenvalue weighted by atomic mass is 35.5. The fourth-order valence-corrected chi connectivity index (χ4v) is 2.39. The lowest BCUT2D eigenvalue weighted by atomic mass is 10.1. The minimum absolute atomic E-state index is 0.0829. The number of rotatable bonds is 4. The Labute approximate surface area is 156 Å². The number of pyridine rings is 1. The molecule has 0 radical (unpaired) electrons. The van der Waals surface area contributed by atoms with Crippen molar-refractivity contribution >= 4 is 34.8 Å². The van der Waals surface area contributed by atoms with Crippen LogP contribution in [0.5, 0.6) is 0 Å². The van der Waals surface area contributed by atoms with Crippen molar-refractivity contribution in [3.8, 4) is 0 Å². The number of carbonyl (C=O) groups excluding carboxylic acids is 1. The number of aryl methyl sites for hydroxylation is 1. The lowest BCUT2D eigenvalue weighted by Crippen LogP contribution is -2.17. The van der Waals surface area contributed by atoms with Crippen molar-refractivity contribution in [1.29, 1.82) is 0 Å². The Bertz CT molecular complexity index is 971. The van der Waals surface area contributed by atoms with Gasteiger partial charge < -0.3 is 15.2 Å². The number of alkyl halides is 3. The van der Waals surface area contributed by atoms with Crippen LogP contribution in [0.25, 0.3) is 0 Å². The van der Waals surface area contributed by atoms with Crippen molar-refractivity contribution in [2.24, 2.45) is 0 Å². The van der Waals surface area contributed by atoms with Gasteiger partial charge in [-0.05, 0) is 37.3 Å². The molecule has 0 bridgehead atoms. The number of nitrogens with zero attached hydrogens (tertiary/aromatic N) is 2. The van der Waals surface area contributed by atoms with Gasteiger partial charge in [0.2, 0.25) is 0 Å². The third-order valence-electron chi connectivity index (χ3n) is 3.44. The predicted octanol–water partition coefficient (Wildman–Crippen LogP) is 5.05. The monoisotopic (exact) mass is 396 g/mol. The van der Waals surface area contributed by atoms with Crippen LogP contribution < -0.4 is 10.6 Å². The minimum Gasteiger partial charge on any atom is -0.360 e. The summed E-state index contributed by atoms with van der Waals surface area (Å²) in [4.78, 5) is 16.3. The highest BCUT2D eigenvalue weighted by Crippen LogP contribution is 2.36. The van der Waals surface area contributed by atoms with Crippen LogP contribution in [0.15, 0.2) is 47.1 Å². The van der Waals surface area contributed by atoms with Crippen LogP contribution in [0.1, 0.15) is 21.7 Å². The number of hydrogen-bond donors (Lipinski definition) is 2. The molecule has 27 heavy (non-hydrogen) atoms. The van der Waals surface area contributed by atoms with Crippen LogP contribution in [0.4, 0.5) is 30.5 Å². The van der Waals surface area contributed by atoms with Gasteiger partial charge >= 0.3 is 6.18 Å². The first-order valence-electron chi connectivity index (χ1n) is 7.57. The van der Waals surface area contributed by atoms with Crippen LogP contribution in [-0.4, -0.2) is 16.0 Å². The molecule has 2 N–H and O–H groups in total. The molecule has 0 fully saturated rings. The molecule has 0 aliphatic heterocycles. The molecule has 3 aromatic rings. The van der Waals surface area contributed by atoms with Gasteiger partial charge in [0.25, 0.3) is 5.91 Å². The highest BCUT2D eigenvalue weighted by molar-refractivity contribution is 6.30. The number of amides is 1. The van der Waals surface area contributed by atoms with E-state index in [1.807, 2.05) is 0 Å². The first kappa shape index (κ1) is 18.7. The van der Waals surface area contributed by atoms with Crippen molar-refractivity contribution in [3.63, 3.8) is 0 Å². The molecule has 2 aromatic heterocycles. The molecular weight excluding hydrogens is 385 g/mol. The van der Waals surface area contributed by atoms with Gasteiger partial charge in [-0.15, -0.1) is 0 Å². The molecule has 3 rings (SSSR count). The maximum absolute atomic E-state index is 13.1. The van der Waals surface area contributed by atoms with Gasteiger partial charge in [0.15, 0.2) is 5.82 Å². The van der Waals surface area contributed by atoms with Crippen LogP contribution in [-0.2, 0) is 6.18 Å². The predicted molar refractivity (Wildman–Crippen MR) is 93.2 cm³/mol. The van der Waals surface area contributed by atoms with Gasteiger partial charge in [-0.25, -0.2) is 4.98 Å². The molecule has 0 aliphatic rings. The summed E-state index contributed by atoms with van der Waals surface area (Å²) in [6.07, 6.45) is -3.43. The van der Waals surface area contributed by atoms with Gasteiger partial charge in [-0.3, -0.25) is 4.79 Å². The SMILES string of the molecule is Cc1cc(Nc2ccc(C(=O)Nc3ccc(Cl)cc3C(F)(F)F)cn2)no1. The summed E-state index contributed by atoms with van der Waals surface area (Å²) in [5.74, 6) is 0.701. The van der Waals surface area contributed by atoms with Gasteiger partial charge in [-0.1, -0.05) is 16.8 Å². The largest absolute Gasteiger partial charge is 0.418 e. The van der Waals surface area contributed by atoms with Crippen molar-refractivity contribution < 1.29 is 22.5 Å². The van der Waals surface area contributed by atoms with Crippen LogP contribution in [0.2, 0.25) is 5.02 Å². The standard InChI is InChI=1S/C17H12ClF3N4O2/c1-9-6-15(25-27-9)24-14-5-2-10(8-22-14)16(26)23-13-4-3-11(18)7-12(13)17(19,20)21/h2-8H,1H3,(H,23,26)(H,22,24,25). The molecule has 6 nitrogen and oxygen atoms in total. The molecule has 0 spiro atoms. The Morgan fingerprint density at radius 2 is 1.93 bits per heavy atom. The van der Waals surface area contributed by atoms with Crippen molar-refractivity contribution in [2.45, 2.75) is 13.1 Å². The topological polar surface area (TPSA) is 80.0 Å². The fourth-order valence-electron chi connectivity index (χ4n) is 2.21. The van der Waals surface area contributed by atoms with E-state index < -0.39 is 23.3 Å². The third-order valence-corrected chi connectivity index (χ3v) is 3.68. The zero-order valence-corrected chi connectivity index (χ0v) is 14.5. The zero-order valence-electron chi connectivity index (χ0n) is 13.8. The average Bonchev–Trinajstić information content (AvgIpc) is 3.01. The molecule has 0 unspecified atom stereocenters. The number of nitrogens with one attached hydrogen (secondary N) is 2. The molecule has 0 saturated carbocycles. The first-order valence-corrected chi connectivity index (χ1v) is 7.94. The summed E-state index contributed by atoms with van der Waals surface area (Å²) >= 11 is 5.62. The lowest BCUT2D eigenvalue weighted by molar-refractivity contribution is -0.136. The Balaban J connectivity index is 1.75. The van der Waals surface area contributed by atoms with E-state index in [2.05, 4.69) is 20.8 Å². The molecule has 10 heteroatoms. The van der Waals surface area contributed by atoms with Crippen molar-refractivity contribution in [2.75, 3.05) is 10.6 Å². The summed E-state index contributed by atoms with van der Waals surface area (Å²) in [5.41, 5.74) is -1.34. The summed E-state index contributed by atoms with van der Waals surface area (Å²) in [7, 11) is 0. The van der Waals surface area contributed by atoms with Crippen molar-refractivity contribution in [3.05, 3.63) is 64.5 Å². The van der Waals surface area contributed by atoms with E-state index in [1.54, 1.807) is 13.0 Å². The Kier molecular flexibility index (Phi) is 5.04. The Hall–Kier alpha value is -3.07. The van der Waals surface area contributed by atoms with Crippen LogP contribution in [0.3, 0.4) is 0 Å². The molecule has 0 aliphatic carbocycles. The van der Waals surface area contributed by atoms with Gasteiger partial charge in [0, 0.05) is 17.3 Å². The summed E-state index contributed by atoms with van der Waals surface area (Å²) in [6, 6.07) is 7.67. The van der Waals surface area contributed by atoms with Crippen molar-refractivity contribution in [1.82, 2.24) is 10.1 Å². The van der Waals surface area contributed by atoms with E-state index >= 15 is 0 Å². The second-order valence-electron chi connectivity index (χ2n) is 5.52. The quantitative estimate of drug-likeness (QED) is 0.645. The van der Waals surface area contributed by atoms with Gasteiger partial charge in [0.05, 0.1) is 16.8 Å². The number of halogens is 4. The van der Waals surface area contributed by atoms with E-state index in [0.29, 0.717) is 17.4 Å². The van der Waals surface area contributed by atoms with E-state index in [-0.39, 0.29) is 10.6 Å². The normalized spacial score (nSPS) is 11.3. The van der Waals surface area contributed by atoms with E-state index in [1.165, 1.54) is 24.4 Å². The van der Waals surface area contributed by atoms with E-state index in [4.69, 9.17) is 16.1 Å². The molecule has 0 saturated heterocycles. The lowest BCUT2D eigenvalue weighted by Gasteiger charge is -2.14. The second kappa shape index (κ2) is 7.28. The molecular formula is C17H12ClF3N4O2. The zero-order chi connectivity index (χ0) is 19.6. The maximum Gasteiger partial charge on any atom is 0.418 e.